The molecule has 1 fully saturated rings. The van der Waals surface area contributed by atoms with Crippen LogP contribution in [0, 0.1) is 5.82 Å². The molecule has 0 bridgehead atoms. The SMILES string of the molecule is CCOc1cc(/C=C2\SC(=S)N(c3cccc4ccccc34)C2=O)ccc1OCc1ccccc1F. The quantitative estimate of drug-likeness (QED) is 0.190. The number of carbonyl (C=O) groups excluding carboxylic acids is 1. The lowest BCUT2D eigenvalue weighted by molar-refractivity contribution is -0.113. The highest BCUT2D eigenvalue weighted by Crippen LogP contribution is 2.39. The van der Waals surface area contributed by atoms with Gasteiger partial charge in [-0.25, -0.2) is 4.39 Å². The van der Waals surface area contributed by atoms with Gasteiger partial charge in [0, 0.05) is 10.9 Å². The molecule has 0 atom stereocenters. The van der Waals surface area contributed by atoms with Gasteiger partial charge in [0.15, 0.2) is 15.8 Å². The van der Waals surface area contributed by atoms with E-state index in [-0.39, 0.29) is 18.3 Å². The maximum absolute atomic E-state index is 14.0. The van der Waals surface area contributed by atoms with E-state index in [0.29, 0.717) is 32.9 Å². The lowest BCUT2D eigenvalue weighted by Crippen LogP contribution is -2.27. The lowest BCUT2D eigenvalue weighted by Gasteiger charge is -2.17. The molecule has 0 unspecified atom stereocenters. The second-order valence-electron chi connectivity index (χ2n) is 8.03. The molecule has 180 valence electrons. The van der Waals surface area contributed by atoms with E-state index < -0.39 is 0 Å². The maximum atomic E-state index is 14.0. The molecular formula is C29H22FNO3S2. The van der Waals surface area contributed by atoms with Crippen molar-refractivity contribution in [2.45, 2.75) is 13.5 Å². The van der Waals surface area contributed by atoms with E-state index in [2.05, 4.69) is 0 Å². The summed E-state index contributed by atoms with van der Waals surface area (Å²) in [5.74, 6) is 0.534. The molecule has 0 saturated carbocycles. The highest BCUT2D eigenvalue weighted by Gasteiger charge is 2.34. The Morgan fingerprint density at radius 2 is 1.72 bits per heavy atom. The minimum Gasteiger partial charge on any atom is -0.490 e. The number of hydrogen-bond acceptors (Lipinski definition) is 5. The molecular weight excluding hydrogens is 493 g/mol. The van der Waals surface area contributed by atoms with Crippen molar-refractivity contribution in [2.75, 3.05) is 11.5 Å². The van der Waals surface area contributed by atoms with Gasteiger partial charge in [-0.2, -0.15) is 0 Å². The zero-order valence-electron chi connectivity index (χ0n) is 19.4. The molecule has 0 aromatic heterocycles. The molecule has 1 aliphatic heterocycles. The molecule has 0 spiro atoms. The molecule has 0 radical (unpaired) electrons. The second kappa shape index (κ2) is 10.5. The van der Waals surface area contributed by atoms with Crippen molar-refractivity contribution in [2.24, 2.45) is 0 Å². The van der Waals surface area contributed by atoms with E-state index in [1.54, 1.807) is 35.2 Å². The number of halogens is 1. The maximum Gasteiger partial charge on any atom is 0.270 e. The predicted molar refractivity (Wildman–Crippen MR) is 148 cm³/mol. The number of fused-ring (bicyclic) bond motifs is 1. The molecule has 0 aliphatic carbocycles. The number of rotatable bonds is 7. The van der Waals surface area contributed by atoms with E-state index in [1.165, 1.54) is 17.8 Å². The Balaban J connectivity index is 1.41. The van der Waals surface area contributed by atoms with E-state index >= 15 is 0 Å². The highest BCUT2D eigenvalue weighted by molar-refractivity contribution is 8.27. The number of anilines is 1. The van der Waals surface area contributed by atoms with Gasteiger partial charge < -0.3 is 9.47 Å². The van der Waals surface area contributed by atoms with Crippen molar-refractivity contribution in [3.8, 4) is 11.5 Å². The molecule has 5 rings (SSSR count). The van der Waals surface area contributed by atoms with Gasteiger partial charge in [0.1, 0.15) is 12.4 Å². The number of thiocarbonyl (C=S) groups is 1. The van der Waals surface area contributed by atoms with Gasteiger partial charge in [-0.15, -0.1) is 0 Å². The Morgan fingerprint density at radius 1 is 0.944 bits per heavy atom. The first-order valence-electron chi connectivity index (χ1n) is 11.4. The molecule has 1 aliphatic rings. The Kier molecular flexibility index (Phi) is 7.02. The average molecular weight is 516 g/mol. The van der Waals surface area contributed by atoms with E-state index in [0.717, 1.165) is 22.0 Å². The van der Waals surface area contributed by atoms with E-state index in [1.807, 2.05) is 61.5 Å². The first-order chi connectivity index (χ1) is 17.5. The summed E-state index contributed by atoms with van der Waals surface area (Å²) in [4.78, 5) is 15.5. The van der Waals surface area contributed by atoms with Gasteiger partial charge in [0.2, 0.25) is 0 Å². The number of thioether (sulfide) groups is 1. The first kappa shape index (κ1) is 24.0. The van der Waals surface area contributed by atoms with Crippen LogP contribution in [0.25, 0.3) is 16.8 Å². The van der Waals surface area contributed by atoms with Crippen LogP contribution in [-0.4, -0.2) is 16.8 Å². The average Bonchev–Trinajstić information content (AvgIpc) is 3.16. The second-order valence-corrected chi connectivity index (χ2v) is 9.71. The minimum absolute atomic E-state index is 0.0792. The normalized spacial score (nSPS) is 14.6. The molecule has 1 amide bonds. The van der Waals surface area contributed by atoms with Crippen LogP contribution in [0.2, 0.25) is 0 Å². The fraction of sp³-hybridized carbons (Fsp3) is 0.103. The van der Waals surface area contributed by atoms with Crippen molar-refractivity contribution in [1.29, 1.82) is 0 Å². The summed E-state index contributed by atoms with van der Waals surface area (Å²) in [5, 5.41) is 2.01. The third-order valence-corrected chi connectivity index (χ3v) is 7.01. The summed E-state index contributed by atoms with van der Waals surface area (Å²) < 4.78 is 26.1. The van der Waals surface area contributed by atoms with Crippen LogP contribution in [0.15, 0.2) is 89.8 Å². The zero-order chi connectivity index (χ0) is 25.1. The number of nitrogens with zero attached hydrogens (tertiary/aromatic N) is 1. The molecule has 4 aromatic carbocycles. The largest absolute Gasteiger partial charge is 0.490 e. The molecule has 4 nitrogen and oxygen atoms in total. The molecule has 1 saturated heterocycles. The smallest absolute Gasteiger partial charge is 0.270 e. The fourth-order valence-corrected chi connectivity index (χ4v) is 5.29. The van der Waals surface area contributed by atoms with Gasteiger partial charge in [-0.3, -0.25) is 9.69 Å². The molecule has 0 N–H and O–H groups in total. The standard InChI is InChI=1S/C29H22FNO3S2/c1-2-33-26-16-19(14-15-25(26)34-18-21-9-4-6-12-23(21)30)17-27-28(32)31(29(35)36-27)24-13-7-10-20-8-3-5-11-22(20)24/h3-17H,2,18H2,1H3/b27-17-. The van der Waals surface area contributed by atoms with Crippen molar-refractivity contribution in [1.82, 2.24) is 0 Å². The highest BCUT2D eigenvalue weighted by atomic mass is 32.2. The molecule has 1 heterocycles. The lowest BCUT2D eigenvalue weighted by atomic mass is 10.1. The van der Waals surface area contributed by atoms with Crippen LogP contribution in [-0.2, 0) is 11.4 Å². The van der Waals surface area contributed by atoms with E-state index in [4.69, 9.17) is 21.7 Å². The fourth-order valence-electron chi connectivity index (χ4n) is 4.00. The van der Waals surface area contributed by atoms with Crippen LogP contribution >= 0.6 is 24.0 Å². The monoisotopic (exact) mass is 515 g/mol. The third kappa shape index (κ3) is 4.85. The van der Waals surface area contributed by atoms with Gasteiger partial charge in [0.05, 0.1) is 17.2 Å². The number of hydrogen-bond donors (Lipinski definition) is 0. The van der Waals surface area contributed by atoms with Crippen LogP contribution in [0.5, 0.6) is 11.5 Å². The predicted octanol–water partition coefficient (Wildman–Crippen LogP) is 7.36. The summed E-state index contributed by atoms with van der Waals surface area (Å²) in [6.45, 7) is 2.39. The Morgan fingerprint density at radius 3 is 2.56 bits per heavy atom. The van der Waals surface area contributed by atoms with Crippen molar-refractivity contribution in [3.05, 3.63) is 107 Å². The van der Waals surface area contributed by atoms with Crippen LogP contribution < -0.4 is 14.4 Å². The Hall–Kier alpha value is -3.68. The third-order valence-electron chi connectivity index (χ3n) is 5.71. The van der Waals surface area contributed by atoms with E-state index in [9.17, 15) is 9.18 Å². The minimum atomic E-state index is -0.319. The number of amides is 1. The van der Waals surface area contributed by atoms with Crippen molar-refractivity contribution in [3.63, 3.8) is 0 Å². The number of ether oxygens (including phenoxy) is 2. The summed E-state index contributed by atoms with van der Waals surface area (Å²) in [5.41, 5.74) is 2.00. The molecule has 36 heavy (non-hydrogen) atoms. The number of benzene rings is 4. The van der Waals surface area contributed by atoms with Crippen molar-refractivity contribution < 1.29 is 18.7 Å². The van der Waals surface area contributed by atoms with Gasteiger partial charge in [0.25, 0.3) is 5.91 Å². The molecule has 4 aromatic rings. The topological polar surface area (TPSA) is 38.8 Å². The van der Waals surface area contributed by atoms with Crippen LogP contribution in [0.4, 0.5) is 10.1 Å². The zero-order valence-corrected chi connectivity index (χ0v) is 21.1. The van der Waals surface area contributed by atoms with Crippen LogP contribution in [0.3, 0.4) is 0 Å². The summed E-state index contributed by atoms with van der Waals surface area (Å²) >= 11 is 6.86. The van der Waals surface area contributed by atoms with Gasteiger partial charge in [-0.1, -0.05) is 84.6 Å². The van der Waals surface area contributed by atoms with Gasteiger partial charge in [-0.05, 0) is 48.2 Å². The Bertz CT molecular complexity index is 1500. The molecule has 7 heteroatoms. The van der Waals surface area contributed by atoms with Gasteiger partial charge >= 0.3 is 0 Å². The number of carbonyl (C=O) groups is 1. The summed E-state index contributed by atoms with van der Waals surface area (Å²) in [6, 6.07) is 25.7. The Labute approximate surface area is 218 Å². The first-order valence-corrected chi connectivity index (χ1v) is 12.7. The van der Waals surface area contributed by atoms with Crippen LogP contribution in [0.1, 0.15) is 18.1 Å². The summed E-state index contributed by atoms with van der Waals surface area (Å²) in [6.07, 6.45) is 1.80. The summed E-state index contributed by atoms with van der Waals surface area (Å²) in [7, 11) is 0. The van der Waals surface area contributed by atoms with Crippen molar-refractivity contribution >= 4 is 56.7 Å².